The number of rotatable bonds is 8. The molecule has 1 heterocycles. The minimum absolute atomic E-state index is 0.185. The molecule has 2 rings (SSSR count). The van der Waals surface area contributed by atoms with Gasteiger partial charge in [0.2, 0.25) is 0 Å². The molecule has 0 radical (unpaired) electrons. The van der Waals surface area contributed by atoms with Gasteiger partial charge in [-0.2, -0.15) is 0 Å². The summed E-state index contributed by atoms with van der Waals surface area (Å²) >= 11 is 0. The molecule has 0 saturated heterocycles. The number of aryl methyl sites for hydroxylation is 1. The Morgan fingerprint density at radius 3 is 3.00 bits per heavy atom. The molecule has 0 fully saturated rings. The third-order valence-electron chi connectivity index (χ3n) is 3.05. The second kappa shape index (κ2) is 7.52. The molecule has 5 nitrogen and oxygen atoms in total. The van der Waals surface area contributed by atoms with Crippen LogP contribution in [0.25, 0.3) is 0 Å². The molecule has 0 atom stereocenters. The fourth-order valence-corrected chi connectivity index (χ4v) is 1.93. The first-order valence-electron chi connectivity index (χ1n) is 6.99. The molecule has 0 saturated carbocycles. The summed E-state index contributed by atoms with van der Waals surface area (Å²) in [7, 11) is 0. The highest BCUT2D eigenvalue weighted by Crippen LogP contribution is 2.18. The van der Waals surface area contributed by atoms with Crippen molar-refractivity contribution < 1.29 is 13.9 Å². The fourth-order valence-electron chi connectivity index (χ4n) is 1.93. The van der Waals surface area contributed by atoms with Crippen LogP contribution in [0.15, 0.2) is 24.4 Å². The van der Waals surface area contributed by atoms with E-state index < -0.39 is 5.82 Å². The van der Waals surface area contributed by atoms with E-state index in [4.69, 9.17) is 4.74 Å². The van der Waals surface area contributed by atoms with E-state index in [1.54, 1.807) is 4.68 Å². The highest BCUT2D eigenvalue weighted by atomic mass is 19.1. The Hall–Kier alpha value is -2.24. The zero-order valence-electron chi connectivity index (χ0n) is 12.0. The minimum atomic E-state index is -0.466. The van der Waals surface area contributed by atoms with E-state index in [9.17, 15) is 9.18 Å². The molecular weight excluding hydrogens is 273 g/mol. The van der Waals surface area contributed by atoms with Crippen LogP contribution < -0.4 is 4.74 Å². The van der Waals surface area contributed by atoms with Crippen molar-refractivity contribution in [1.82, 2.24) is 15.0 Å². The third-order valence-corrected chi connectivity index (χ3v) is 3.05. The van der Waals surface area contributed by atoms with Gasteiger partial charge >= 0.3 is 0 Å². The number of hydrogen-bond acceptors (Lipinski definition) is 4. The number of hydrogen-bond donors (Lipinski definition) is 0. The summed E-state index contributed by atoms with van der Waals surface area (Å²) in [6, 6.07) is 3.83. The first kappa shape index (κ1) is 15.2. The van der Waals surface area contributed by atoms with Crippen molar-refractivity contribution in [3.05, 3.63) is 41.5 Å². The molecule has 1 aromatic heterocycles. The topological polar surface area (TPSA) is 57.0 Å². The standard InChI is InChI=1S/C15H18FN3O2/c1-2-3-4-7-19-9-14(17-18-19)11-21-15-6-5-13(16)8-12(15)10-20/h5-6,8-10H,2-4,7,11H2,1H3. The zero-order valence-corrected chi connectivity index (χ0v) is 12.0. The van der Waals surface area contributed by atoms with Crippen LogP contribution >= 0.6 is 0 Å². The number of nitrogens with zero attached hydrogens (tertiary/aromatic N) is 3. The number of aldehydes is 1. The first-order chi connectivity index (χ1) is 10.2. The molecule has 0 unspecified atom stereocenters. The average molecular weight is 291 g/mol. The van der Waals surface area contributed by atoms with Gasteiger partial charge in [0.15, 0.2) is 6.29 Å². The molecule has 1 aromatic carbocycles. The van der Waals surface area contributed by atoms with E-state index in [2.05, 4.69) is 17.2 Å². The molecule has 6 heteroatoms. The Kier molecular flexibility index (Phi) is 5.43. The molecule has 0 amide bonds. The molecule has 112 valence electrons. The van der Waals surface area contributed by atoms with E-state index in [0.717, 1.165) is 31.9 Å². The molecule has 0 aliphatic heterocycles. The van der Waals surface area contributed by atoms with E-state index >= 15 is 0 Å². The normalized spacial score (nSPS) is 10.6. The third kappa shape index (κ3) is 4.37. The summed E-state index contributed by atoms with van der Waals surface area (Å²) in [5, 5.41) is 8.02. The van der Waals surface area contributed by atoms with Gasteiger partial charge in [-0.1, -0.05) is 25.0 Å². The number of benzene rings is 1. The Morgan fingerprint density at radius 1 is 1.38 bits per heavy atom. The molecule has 0 bridgehead atoms. The number of aromatic nitrogens is 3. The van der Waals surface area contributed by atoms with Gasteiger partial charge in [0.05, 0.1) is 11.8 Å². The van der Waals surface area contributed by atoms with Crippen molar-refractivity contribution in [3.63, 3.8) is 0 Å². The van der Waals surface area contributed by atoms with Crippen LogP contribution in [-0.4, -0.2) is 21.3 Å². The van der Waals surface area contributed by atoms with Gasteiger partial charge in [-0.25, -0.2) is 4.39 Å². The summed E-state index contributed by atoms with van der Waals surface area (Å²) in [6.07, 6.45) is 5.76. The van der Waals surface area contributed by atoms with E-state index in [1.807, 2.05) is 6.20 Å². The molecule has 0 N–H and O–H groups in total. The van der Waals surface area contributed by atoms with Crippen LogP contribution in [0.4, 0.5) is 4.39 Å². The van der Waals surface area contributed by atoms with Gasteiger partial charge in [-0.15, -0.1) is 5.10 Å². The number of carbonyl (C=O) groups is 1. The van der Waals surface area contributed by atoms with Crippen LogP contribution in [0.2, 0.25) is 0 Å². The summed E-state index contributed by atoms with van der Waals surface area (Å²) in [6.45, 7) is 3.17. The van der Waals surface area contributed by atoms with Crippen molar-refractivity contribution in [3.8, 4) is 5.75 Å². The SMILES string of the molecule is CCCCCn1cc(COc2ccc(F)cc2C=O)nn1. The highest BCUT2D eigenvalue weighted by Gasteiger charge is 2.07. The highest BCUT2D eigenvalue weighted by molar-refractivity contribution is 5.79. The Labute approximate surface area is 122 Å². The van der Waals surface area contributed by atoms with E-state index in [0.29, 0.717) is 17.7 Å². The summed E-state index contributed by atoms with van der Waals surface area (Å²) in [4.78, 5) is 10.9. The smallest absolute Gasteiger partial charge is 0.153 e. The number of unbranched alkanes of at least 4 members (excludes halogenated alkanes) is 2. The summed E-state index contributed by atoms with van der Waals surface area (Å²) in [5.74, 6) is -0.127. The lowest BCUT2D eigenvalue weighted by molar-refractivity contribution is 0.111. The van der Waals surface area contributed by atoms with Crippen LogP contribution in [0, 0.1) is 5.82 Å². The monoisotopic (exact) mass is 291 g/mol. The fraction of sp³-hybridized carbons (Fsp3) is 0.400. The van der Waals surface area contributed by atoms with Crippen LogP contribution in [-0.2, 0) is 13.2 Å². The van der Waals surface area contributed by atoms with Gasteiger partial charge in [0.25, 0.3) is 0 Å². The van der Waals surface area contributed by atoms with Crippen molar-refractivity contribution in [2.45, 2.75) is 39.3 Å². The molecule has 0 aliphatic carbocycles. The van der Waals surface area contributed by atoms with Gasteiger partial charge in [0.1, 0.15) is 23.9 Å². The molecule has 2 aromatic rings. The second-order valence-corrected chi connectivity index (χ2v) is 4.77. The van der Waals surface area contributed by atoms with Crippen LogP contribution in [0.3, 0.4) is 0 Å². The largest absolute Gasteiger partial charge is 0.486 e. The summed E-state index contributed by atoms with van der Waals surface area (Å²) in [5.41, 5.74) is 0.859. The Bertz CT molecular complexity index is 598. The lowest BCUT2D eigenvalue weighted by Crippen LogP contribution is -1.99. The van der Waals surface area contributed by atoms with Crippen molar-refractivity contribution >= 4 is 6.29 Å². The predicted octanol–water partition coefficient (Wildman–Crippen LogP) is 3.00. The quantitative estimate of drug-likeness (QED) is 0.554. The van der Waals surface area contributed by atoms with Crippen LogP contribution in [0.5, 0.6) is 5.75 Å². The maximum absolute atomic E-state index is 13.0. The first-order valence-corrected chi connectivity index (χ1v) is 6.99. The van der Waals surface area contributed by atoms with Gasteiger partial charge in [-0.05, 0) is 24.6 Å². The summed E-state index contributed by atoms with van der Waals surface area (Å²) < 4.78 is 20.3. The molecule has 21 heavy (non-hydrogen) atoms. The zero-order chi connectivity index (χ0) is 15.1. The lowest BCUT2D eigenvalue weighted by atomic mass is 10.2. The van der Waals surface area contributed by atoms with E-state index in [-0.39, 0.29) is 12.2 Å². The van der Waals surface area contributed by atoms with E-state index in [1.165, 1.54) is 12.1 Å². The number of carbonyl (C=O) groups excluding carboxylic acids is 1. The van der Waals surface area contributed by atoms with Crippen molar-refractivity contribution in [2.75, 3.05) is 0 Å². The van der Waals surface area contributed by atoms with Gasteiger partial charge < -0.3 is 4.74 Å². The molecular formula is C15H18FN3O2. The van der Waals surface area contributed by atoms with Crippen LogP contribution in [0.1, 0.15) is 42.2 Å². The second-order valence-electron chi connectivity index (χ2n) is 4.77. The number of halogens is 1. The Morgan fingerprint density at radius 2 is 2.24 bits per heavy atom. The predicted molar refractivity (Wildman–Crippen MR) is 75.7 cm³/mol. The lowest BCUT2D eigenvalue weighted by Gasteiger charge is -2.06. The van der Waals surface area contributed by atoms with Gasteiger partial charge in [0, 0.05) is 6.54 Å². The maximum Gasteiger partial charge on any atom is 0.153 e. The molecule has 0 aliphatic rings. The molecule has 0 spiro atoms. The Balaban J connectivity index is 1.92. The van der Waals surface area contributed by atoms with Crippen molar-refractivity contribution in [2.24, 2.45) is 0 Å². The van der Waals surface area contributed by atoms with Crippen molar-refractivity contribution in [1.29, 1.82) is 0 Å². The minimum Gasteiger partial charge on any atom is -0.486 e. The van der Waals surface area contributed by atoms with Gasteiger partial charge in [-0.3, -0.25) is 9.48 Å². The number of ether oxygens (including phenoxy) is 1. The maximum atomic E-state index is 13.0. The average Bonchev–Trinajstić information content (AvgIpc) is 2.94.